The number of nitrogens with two attached hydrogens (primary N) is 1. The van der Waals surface area contributed by atoms with Crippen molar-refractivity contribution in [1.82, 2.24) is 19.5 Å². The van der Waals surface area contributed by atoms with Gasteiger partial charge in [-0.1, -0.05) is 38.1 Å². The average molecular weight is 367 g/mol. The summed E-state index contributed by atoms with van der Waals surface area (Å²) in [4.78, 5) is 12.6. The second-order valence-electron chi connectivity index (χ2n) is 7.20. The van der Waals surface area contributed by atoms with Gasteiger partial charge in [-0.3, -0.25) is 0 Å². The number of anilines is 1. The first-order chi connectivity index (χ1) is 13.1. The van der Waals surface area contributed by atoms with Crippen molar-refractivity contribution in [3.63, 3.8) is 0 Å². The minimum absolute atomic E-state index is 0.405. The van der Waals surface area contributed by atoms with Crippen LogP contribution in [0.5, 0.6) is 0 Å². The molecule has 2 aromatic heterocycles. The Balaban J connectivity index is 1.49. The molecule has 0 unspecified atom stereocenters. The molecule has 7 nitrogen and oxygen atoms in total. The van der Waals surface area contributed by atoms with E-state index in [0.29, 0.717) is 30.5 Å². The highest BCUT2D eigenvalue weighted by molar-refractivity contribution is 5.81. The third-order valence-electron chi connectivity index (χ3n) is 5.11. The number of hydrogen-bond donors (Lipinski definition) is 1. The summed E-state index contributed by atoms with van der Waals surface area (Å²) in [7, 11) is 0. The van der Waals surface area contributed by atoms with Crippen LogP contribution in [-0.2, 0) is 21.8 Å². The summed E-state index contributed by atoms with van der Waals surface area (Å²) in [5.74, 6) is 0.243. The summed E-state index contributed by atoms with van der Waals surface area (Å²) in [5.41, 5.74) is 9.65. The highest BCUT2D eigenvalue weighted by Crippen LogP contribution is 2.36. The number of nitrogen functional groups attached to an aromatic ring is 1. The molecule has 0 atom stereocenters. The largest absolute Gasteiger partial charge is 0.382 e. The molecular formula is C20H25N5O2. The van der Waals surface area contributed by atoms with Gasteiger partial charge in [0.2, 0.25) is 0 Å². The summed E-state index contributed by atoms with van der Waals surface area (Å²) < 4.78 is 14.1. The van der Waals surface area contributed by atoms with Crippen LogP contribution in [0, 0.1) is 0 Å². The molecule has 1 fully saturated rings. The fraction of sp³-hybridized carbons (Fsp3) is 0.450. The monoisotopic (exact) mass is 367 g/mol. The lowest BCUT2D eigenvalue weighted by Crippen LogP contribution is -2.27. The highest BCUT2D eigenvalue weighted by Gasteiger charge is 2.38. The first-order valence-corrected chi connectivity index (χ1v) is 9.39. The lowest BCUT2D eigenvalue weighted by Gasteiger charge is -2.28. The molecular weight excluding hydrogens is 342 g/mol. The lowest BCUT2D eigenvalue weighted by atomic mass is 9.96. The zero-order chi connectivity index (χ0) is 18.9. The van der Waals surface area contributed by atoms with Crippen molar-refractivity contribution in [3.05, 3.63) is 48.0 Å². The standard InChI is InChI=1S/C20H25N5O2/c1-14(2)15-4-6-16(7-5-15)20(26-10-11-27-20)8-3-9-25-13-24-17-18(21)22-12-23-19(17)25/h4-7,12-14H,3,8-11H2,1-2H3,(H2,21,22,23). The van der Waals surface area contributed by atoms with Gasteiger partial charge < -0.3 is 19.8 Å². The molecule has 1 aromatic carbocycles. The quantitative estimate of drug-likeness (QED) is 0.720. The molecule has 3 aromatic rings. The fourth-order valence-electron chi connectivity index (χ4n) is 3.58. The lowest BCUT2D eigenvalue weighted by molar-refractivity contribution is -0.172. The number of hydrogen-bond acceptors (Lipinski definition) is 6. The third-order valence-corrected chi connectivity index (χ3v) is 5.11. The molecule has 0 saturated carbocycles. The van der Waals surface area contributed by atoms with Gasteiger partial charge in [-0.2, -0.15) is 0 Å². The molecule has 3 heterocycles. The predicted octanol–water partition coefficient (Wildman–Crippen LogP) is 3.21. The van der Waals surface area contributed by atoms with Gasteiger partial charge in [-0.25, -0.2) is 15.0 Å². The van der Waals surface area contributed by atoms with E-state index in [4.69, 9.17) is 15.2 Å². The van der Waals surface area contributed by atoms with Crippen molar-refractivity contribution in [1.29, 1.82) is 0 Å². The minimum Gasteiger partial charge on any atom is -0.382 e. The van der Waals surface area contributed by atoms with Crippen molar-refractivity contribution in [3.8, 4) is 0 Å². The molecule has 0 radical (unpaired) electrons. The van der Waals surface area contributed by atoms with E-state index in [2.05, 4.69) is 53.1 Å². The molecule has 2 N–H and O–H groups in total. The van der Waals surface area contributed by atoms with E-state index >= 15 is 0 Å². The minimum atomic E-state index is -0.667. The SMILES string of the molecule is CC(C)c1ccc(C2(CCCn3cnc4c(N)ncnc43)OCCO2)cc1. The fourth-order valence-corrected chi connectivity index (χ4v) is 3.58. The molecule has 27 heavy (non-hydrogen) atoms. The van der Waals surface area contributed by atoms with Crippen LogP contribution in [0.2, 0.25) is 0 Å². The Morgan fingerprint density at radius 3 is 2.56 bits per heavy atom. The molecule has 0 spiro atoms. The first kappa shape index (κ1) is 17.9. The van der Waals surface area contributed by atoms with E-state index < -0.39 is 5.79 Å². The van der Waals surface area contributed by atoms with Crippen LogP contribution in [0.15, 0.2) is 36.9 Å². The van der Waals surface area contributed by atoms with E-state index in [1.54, 1.807) is 6.33 Å². The summed E-state index contributed by atoms with van der Waals surface area (Å²) in [5, 5.41) is 0. The zero-order valence-corrected chi connectivity index (χ0v) is 15.8. The van der Waals surface area contributed by atoms with Crippen LogP contribution < -0.4 is 5.73 Å². The number of fused-ring (bicyclic) bond motifs is 1. The van der Waals surface area contributed by atoms with E-state index in [-0.39, 0.29) is 0 Å². The number of rotatable bonds is 6. The molecule has 1 aliphatic rings. The second kappa shape index (κ2) is 7.25. The smallest absolute Gasteiger partial charge is 0.195 e. The van der Waals surface area contributed by atoms with E-state index in [1.165, 1.54) is 11.9 Å². The van der Waals surface area contributed by atoms with Crippen molar-refractivity contribution in [2.75, 3.05) is 18.9 Å². The zero-order valence-electron chi connectivity index (χ0n) is 15.8. The van der Waals surface area contributed by atoms with Crippen LogP contribution in [0.25, 0.3) is 11.2 Å². The van der Waals surface area contributed by atoms with Gasteiger partial charge in [0, 0.05) is 18.5 Å². The van der Waals surface area contributed by atoms with Crippen LogP contribution >= 0.6 is 0 Å². The summed E-state index contributed by atoms with van der Waals surface area (Å²) in [6.07, 6.45) is 4.85. The van der Waals surface area contributed by atoms with Gasteiger partial charge in [0.15, 0.2) is 17.3 Å². The molecule has 142 valence electrons. The van der Waals surface area contributed by atoms with Gasteiger partial charge >= 0.3 is 0 Å². The van der Waals surface area contributed by atoms with Gasteiger partial charge in [-0.05, 0) is 17.9 Å². The summed E-state index contributed by atoms with van der Waals surface area (Å²) >= 11 is 0. The number of aryl methyl sites for hydroxylation is 1. The van der Waals surface area contributed by atoms with Crippen LogP contribution in [-0.4, -0.2) is 32.7 Å². The second-order valence-corrected chi connectivity index (χ2v) is 7.20. The molecule has 0 amide bonds. The molecule has 4 rings (SSSR count). The Bertz CT molecular complexity index is 914. The van der Waals surface area contributed by atoms with Crippen LogP contribution in [0.1, 0.15) is 43.7 Å². The first-order valence-electron chi connectivity index (χ1n) is 9.39. The van der Waals surface area contributed by atoms with Crippen LogP contribution in [0.3, 0.4) is 0 Å². The number of imidazole rings is 1. The summed E-state index contributed by atoms with van der Waals surface area (Å²) in [6, 6.07) is 8.58. The maximum atomic E-state index is 6.06. The Labute approximate surface area is 158 Å². The topological polar surface area (TPSA) is 88.1 Å². The number of ether oxygens (including phenoxy) is 2. The van der Waals surface area contributed by atoms with Crippen molar-refractivity contribution in [2.24, 2.45) is 0 Å². The average Bonchev–Trinajstić information content (AvgIpc) is 3.31. The maximum Gasteiger partial charge on any atom is 0.195 e. The Hall–Kier alpha value is -2.51. The van der Waals surface area contributed by atoms with Gasteiger partial charge in [-0.15, -0.1) is 0 Å². The van der Waals surface area contributed by atoms with Gasteiger partial charge in [0.25, 0.3) is 0 Å². The van der Waals surface area contributed by atoms with Gasteiger partial charge in [0.05, 0.1) is 19.5 Å². The van der Waals surface area contributed by atoms with Gasteiger partial charge in [0.1, 0.15) is 11.8 Å². The highest BCUT2D eigenvalue weighted by atomic mass is 16.7. The molecule has 1 saturated heterocycles. The van der Waals surface area contributed by atoms with E-state index in [9.17, 15) is 0 Å². The predicted molar refractivity (Wildman–Crippen MR) is 103 cm³/mol. The Morgan fingerprint density at radius 1 is 1.11 bits per heavy atom. The Kier molecular flexibility index (Phi) is 4.80. The van der Waals surface area contributed by atoms with Crippen molar-refractivity contribution in [2.45, 2.75) is 44.9 Å². The normalized spacial score (nSPS) is 16.4. The van der Waals surface area contributed by atoms with E-state index in [1.807, 2.05) is 4.57 Å². The molecule has 7 heteroatoms. The number of aromatic nitrogens is 4. The Morgan fingerprint density at radius 2 is 1.85 bits per heavy atom. The maximum absolute atomic E-state index is 6.06. The number of benzene rings is 1. The summed E-state index contributed by atoms with van der Waals surface area (Å²) in [6.45, 7) is 6.37. The van der Waals surface area contributed by atoms with Crippen molar-refractivity contribution < 1.29 is 9.47 Å². The van der Waals surface area contributed by atoms with Crippen molar-refractivity contribution >= 4 is 17.0 Å². The number of nitrogens with zero attached hydrogens (tertiary/aromatic N) is 4. The van der Waals surface area contributed by atoms with Crippen LogP contribution in [0.4, 0.5) is 5.82 Å². The molecule has 0 bridgehead atoms. The molecule has 0 aliphatic carbocycles. The molecule has 1 aliphatic heterocycles. The van der Waals surface area contributed by atoms with E-state index in [0.717, 1.165) is 30.6 Å². The third kappa shape index (κ3) is 3.40.